The van der Waals surface area contributed by atoms with Crippen molar-refractivity contribution in [3.8, 4) is 5.75 Å². The van der Waals surface area contributed by atoms with Crippen LogP contribution in [0.5, 0.6) is 5.75 Å². The topological polar surface area (TPSA) is 105 Å². The highest BCUT2D eigenvalue weighted by Crippen LogP contribution is 2.40. The molecule has 1 saturated carbocycles. The Morgan fingerprint density at radius 1 is 1.21 bits per heavy atom. The first-order chi connectivity index (χ1) is 15.9. The summed E-state index contributed by atoms with van der Waals surface area (Å²) in [5, 5.41) is 9.42. The molecule has 1 amide bonds. The third kappa shape index (κ3) is 5.68. The number of aliphatic hydroxyl groups excluding tert-OH is 1. The number of sulfonamides is 1. The van der Waals surface area contributed by atoms with Crippen LogP contribution in [0.15, 0.2) is 41.0 Å². The molecule has 1 N–H and O–H groups in total. The van der Waals surface area contributed by atoms with Gasteiger partial charge in [0.25, 0.3) is 5.91 Å². The van der Waals surface area contributed by atoms with Crippen molar-refractivity contribution < 1.29 is 32.5 Å². The van der Waals surface area contributed by atoms with Crippen LogP contribution >= 0.6 is 0 Å². The van der Waals surface area contributed by atoms with Crippen molar-refractivity contribution in [2.24, 2.45) is 11.8 Å². The first-order valence-corrected chi connectivity index (χ1v) is 12.9. The molecular weight excluding hydrogens is 448 g/mol. The molecule has 2 atom stereocenters. The molecule has 0 unspecified atom stereocenters. The van der Waals surface area contributed by atoms with Crippen LogP contribution in [0.3, 0.4) is 0 Å². The molecule has 0 bridgehead atoms. The van der Waals surface area contributed by atoms with Gasteiger partial charge in [-0.25, -0.2) is 8.42 Å². The van der Waals surface area contributed by atoms with E-state index in [1.54, 1.807) is 17.0 Å². The Morgan fingerprint density at radius 3 is 2.52 bits per heavy atom. The molecule has 0 spiro atoms. The first kappa shape index (κ1) is 24.0. The lowest BCUT2D eigenvalue weighted by Gasteiger charge is -2.37. The van der Waals surface area contributed by atoms with Crippen molar-refractivity contribution in [2.75, 3.05) is 46.5 Å². The second kappa shape index (κ2) is 10.4. The van der Waals surface area contributed by atoms with Crippen molar-refractivity contribution in [1.82, 2.24) is 9.21 Å². The van der Waals surface area contributed by atoms with E-state index < -0.39 is 16.3 Å². The lowest BCUT2D eigenvalue weighted by Crippen LogP contribution is -2.38. The summed E-state index contributed by atoms with van der Waals surface area (Å²) in [5.74, 6) is 1.57. The van der Waals surface area contributed by atoms with Crippen LogP contribution in [0.4, 0.5) is 0 Å². The third-order valence-electron chi connectivity index (χ3n) is 6.48. The van der Waals surface area contributed by atoms with Crippen LogP contribution < -0.4 is 4.74 Å². The summed E-state index contributed by atoms with van der Waals surface area (Å²) in [5.41, 5.74) is 0. The number of carbonyl (C=O) groups is 1. The summed E-state index contributed by atoms with van der Waals surface area (Å²) in [6, 6.07) is 6.11. The number of allylic oxidation sites excluding steroid dienone is 1. The Bertz CT molecular complexity index is 956. The van der Waals surface area contributed by atoms with Crippen molar-refractivity contribution in [2.45, 2.75) is 36.9 Å². The molecule has 1 aliphatic carbocycles. The van der Waals surface area contributed by atoms with Gasteiger partial charge in [-0.15, -0.1) is 0 Å². The minimum absolute atomic E-state index is 0.0491. The Labute approximate surface area is 195 Å². The highest BCUT2D eigenvalue weighted by Gasteiger charge is 2.37. The number of benzene rings is 1. The van der Waals surface area contributed by atoms with Gasteiger partial charge in [0.15, 0.2) is 5.76 Å². The smallest absolute Gasteiger partial charge is 0.288 e. The van der Waals surface area contributed by atoms with E-state index in [0.29, 0.717) is 23.8 Å². The van der Waals surface area contributed by atoms with Gasteiger partial charge in [-0.1, -0.05) is 6.42 Å². The molecule has 3 aliphatic rings. The number of amides is 1. The highest BCUT2D eigenvalue weighted by molar-refractivity contribution is 7.89. The number of methoxy groups -OCH3 is 1. The van der Waals surface area contributed by atoms with Crippen LogP contribution in [0.25, 0.3) is 0 Å². The van der Waals surface area contributed by atoms with Crippen molar-refractivity contribution >= 4 is 15.9 Å². The van der Waals surface area contributed by atoms with Crippen molar-refractivity contribution in [3.63, 3.8) is 0 Å². The van der Waals surface area contributed by atoms with Crippen LogP contribution in [0.2, 0.25) is 0 Å². The largest absolute Gasteiger partial charge is 0.497 e. The maximum absolute atomic E-state index is 13.0. The van der Waals surface area contributed by atoms with Crippen LogP contribution in [-0.2, 0) is 24.3 Å². The predicted molar refractivity (Wildman–Crippen MR) is 120 cm³/mol. The van der Waals surface area contributed by atoms with Gasteiger partial charge < -0.3 is 24.2 Å². The van der Waals surface area contributed by atoms with E-state index in [1.807, 2.05) is 6.08 Å². The van der Waals surface area contributed by atoms with Crippen molar-refractivity contribution in [1.29, 1.82) is 0 Å². The Hall–Kier alpha value is -2.14. The summed E-state index contributed by atoms with van der Waals surface area (Å²) in [4.78, 5) is 14.4. The van der Waals surface area contributed by atoms with Crippen LogP contribution in [0.1, 0.15) is 25.7 Å². The SMILES string of the molecule is COc1ccc(S(=O)(=O)N(CCO)CCO[C@H]2C[C@@H](C3CCC3)C=C(C(=O)N3CC3)O2)cc1. The average molecular weight is 481 g/mol. The fourth-order valence-corrected chi connectivity index (χ4v) is 5.60. The van der Waals surface area contributed by atoms with Gasteiger partial charge in [0.05, 0.1) is 25.2 Å². The molecule has 10 heteroatoms. The second-order valence-electron chi connectivity index (χ2n) is 8.64. The average Bonchev–Trinajstić information content (AvgIpc) is 3.62. The zero-order chi connectivity index (χ0) is 23.4. The lowest BCUT2D eigenvalue weighted by molar-refractivity contribution is -0.154. The standard InChI is InChI=1S/C23H32N2O7S/c1-30-19-5-7-20(8-6-19)33(28,29)25(11-13-26)12-14-31-22-16-18(17-3-2-4-17)15-21(32-22)23(27)24-9-10-24/h5-8,15,17-18,22,26H,2-4,9-14,16H2,1H3/t18-,22+/m0/s1. The number of hydrogen-bond donors (Lipinski definition) is 1. The van der Waals surface area contributed by atoms with E-state index in [4.69, 9.17) is 14.2 Å². The van der Waals surface area contributed by atoms with Crippen LogP contribution in [0, 0.1) is 11.8 Å². The van der Waals surface area contributed by atoms with E-state index in [0.717, 1.165) is 25.9 Å². The Kier molecular flexibility index (Phi) is 7.58. The summed E-state index contributed by atoms with van der Waals surface area (Å²) in [7, 11) is -2.30. The second-order valence-corrected chi connectivity index (χ2v) is 10.6. The quantitative estimate of drug-likeness (QED) is 0.480. The minimum Gasteiger partial charge on any atom is -0.497 e. The molecule has 1 aromatic rings. The van der Waals surface area contributed by atoms with Crippen LogP contribution in [-0.4, -0.2) is 81.4 Å². The number of ether oxygens (including phenoxy) is 3. The molecule has 1 saturated heterocycles. The molecule has 0 radical (unpaired) electrons. The fourth-order valence-electron chi connectivity index (χ4n) is 4.19. The van der Waals surface area contributed by atoms with Gasteiger partial charge in [-0.2, -0.15) is 4.31 Å². The van der Waals surface area contributed by atoms with Gasteiger partial charge >= 0.3 is 0 Å². The number of aliphatic hydroxyl groups is 1. The summed E-state index contributed by atoms with van der Waals surface area (Å²) in [6.07, 6.45) is 5.49. The molecule has 2 fully saturated rings. The molecule has 2 aliphatic heterocycles. The van der Waals surface area contributed by atoms with E-state index in [2.05, 4.69) is 0 Å². The van der Waals surface area contributed by atoms with E-state index in [1.165, 1.54) is 30.0 Å². The first-order valence-electron chi connectivity index (χ1n) is 11.5. The normalized spacial score (nSPS) is 23.0. The van der Waals surface area contributed by atoms with Crippen molar-refractivity contribution in [3.05, 3.63) is 36.1 Å². The van der Waals surface area contributed by atoms with E-state index >= 15 is 0 Å². The summed E-state index contributed by atoms with van der Waals surface area (Å²) in [6.45, 7) is 1.28. The fraction of sp³-hybridized carbons (Fsp3) is 0.609. The van der Waals surface area contributed by atoms with E-state index in [-0.39, 0.29) is 43.0 Å². The molecule has 2 heterocycles. The van der Waals surface area contributed by atoms with Gasteiger partial charge in [0.1, 0.15) is 5.75 Å². The number of carbonyl (C=O) groups excluding carboxylic acids is 1. The molecule has 182 valence electrons. The zero-order valence-corrected chi connectivity index (χ0v) is 19.7. The number of nitrogens with zero attached hydrogens (tertiary/aromatic N) is 2. The predicted octanol–water partition coefficient (Wildman–Crippen LogP) is 1.58. The molecule has 4 rings (SSSR count). The maximum atomic E-state index is 13.0. The summed E-state index contributed by atoms with van der Waals surface area (Å²) < 4.78 is 44.1. The molecule has 9 nitrogen and oxygen atoms in total. The molecule has 1 aromatic carbocycles. The maximum Gasteiger partial charge on any atom is 0.288 e. The monoisotopic (exact) mass is 480 g/mol. The Balaban J connectivity index is 1.38. The van der Waals surface area contributed by atoms with E-state index in [9.17, 15) is 18.3 Å². The minimum atomic E-state index is -3.81. The zero-order valence-electron chi connectivity index (χ0n) is 18.9. The molecule has 33 heavy (non-hydrogen) atoms. The van der Waals surface area contributed by atoms with Gasteiger partial charge in [-0.05, 0) is 55.0 Å². The number of hydrogen-bond acceptors (Lipinski definition) is 7. The summed E-state index contributed by atoms with van der Waals surface area (Å²) >= 11 is 0. The number of rotatable bonds is 11. The lowest BCUT2D eigenvalue weighted by atomic mass is 9.73. The van der Waals surface area contributed by atoms with Gasteiger partial charge in [0.2, 0.25) is 16.3 Å². The highest BCUT2D eigenvalue weighted by atomic mass is 32.2. The Morgan fingerprint density at radius 2 is 1.94 bits per heavy atom. The molecular formula is C23H32N2O7S. The molecule has 0 aromatic heterocycles. The van der Waals surface area contributed by atoms with Gasteiger partial charge in [0, 0.05) is 32.6 Å². The van der Waals surface area contributed by atoms with Gasteiger partial charge in [-0.3, -0.25) is 4.79 Å². The third-order valence-corrected chi connectivity index (χ3v) is 8.39.